The van der Waals surface area contributed by atoms with E-state index in [1.54, 1.807) is 6.92 Å². The number of hydrogen-bond donors (Lipinski definition) is 2. The second-order valence-electron chi connectivity index (χ2n) is 3.72. The zero-order chi connectivity index (χ0) is 13.1. The topological polar surface area (TPSA) is 72.2 Å². The second kappa shape index (κ2) is 7.40. The third-order valence-corrected chi connectivity index (χ3v) is 4.19. The lowest BCUT2D eigenvalue weighted by molar-refractivity contribution is 0.549. The molecule has 0 heterocycles. The Morgan fingerprint density at radius 2 is 2.11 bits per heavy atom. The average molecular weight is 362 g/mol. The lowest BCUT2D eigenvalue weighted by Gasteiger charge is -2.09. The molecule has 1 rings (SSSR count). The number of hydrogen-bond acceptors (Lipinski definition) is 3. The minimum absolute atomic E-state index is 0. The summed E-state index contributed by atoms with van der Waals surface area (Å²) < 4.78 is 39.6. The van der Waals surface area contributed by atoms with Crippen LogP contribution in [0.4, 0.5) is 4.39 Å². The number of rotatable bonds is 5. The van der Waals surface area contributed by atoms with Crippen LogP contribution in [0.2, 0.25) is 0 Å². The standard InChI is InChI=1S/C10H14BrFN2O2S.ClH/c1-7(13)5-6-14-17(15,16)9-4-2-3-8(11)10(9)12;/h2-4,7,14H,5-6,13H2,1H3;1H. The molecule has 0 aliphatic carbocycles. The van der Waals surface area contributed by atoms with E-state index < -0.39 is 15.8 Å². The first-order valence-corrected chi connectivity index (χ1v) is 7.31. The lowest BCUT2D eigenvalue weighted by Crippen LogP contribution is -2.29. The Balaban J connectivity index is 0.00000289. The molecule has 0 saturated carbocycles. The van der Waals surface area contributed by atoms with Crippen LogP contribution in [0, 0.1) is 5.82 Å². The molecule has 0 amide bonds. The van der Waals surface area contributed by atoms with Crippen molar-refractivity contribution >= 4 is 38.4 Å². The molecule has 0 spiro atoms. The Labute approximate surface area is 121 Å². The molecule has 0 aliphatic rings. The van der Waals surface area contributed by atoms with E-state index in [0.29, 0.717) is 6.42 Å². The maximum absolute atomic E-state index is 13.6. The van der Waals surface area contributed by atoms with Gasteiger partial charge in [0, 0.05) is 12.6 Å². The summed E-state index contributed by atoms with van der Waals surface area (Å²) in [5, 5.41) is 0. The number of halogens is 3. The summed E-state index contributed by atoms with van der Waals surface area (Å²) in [5.41, 5.74) is 5.50. The first kappa shape index (κ1) is 17.8. The lowest BCUT2D eigenvalue weighted by atomic mass is 10.3. The smallest absolute Gasteiger partial charge is 0.243 e. The molecule has 0 saturated heterocycles. The monoisotopic (exact) mass is 360 g/mol. The summed E-state index contributed by atoms with van der Waals surface area (Å²) in [4.78, 5) is -0.364. The van der Waals surface area contributed by atoms with Gasteiger partial charge in [-0.25, -0.2) is 17.5 Å². The van der Waals surface area contributed by atoms with Crippen molar-refractivity contribution in [2.24, 2.45) is 5.73 Å². The van der Waals surface area contributed by atoms with Crippen molar-refractivity contribution in [1.29, 1.82) is 0 Å². The minimum atomic E-state index is -3.82. The zero-order valence-corrected chi connectivity index (χ0v) is 12.9. The Morgan fingerprint density at radius 1 is 1.50 bits per heavy atom. The van der Waals surface area contributed by atoms with Gasteiger partial charge in [0.2, 0.25) is 10.0 Å². The van der Waals surface area contributed by atoms with Crippen LogP contribution >= 0.6 is 28.3 Å². The SMILES string of the molecule is CC(N)CCNS(=O)(=O)c1cccc(Br)c1F.Cl. The van der Waals surface area contributed by atoms with E-state index in [-0.39, 0.29) is 34.4 Å². The zero-order valence-electron chi connectivity index (χ0n) is 9.69. The van der Waals surface area contributed by atoms with Crippen LogP contribution in [0.25, 0.3) is 0 Å². The van der Waals surface area contributed by atoms with E-state index in [0.717, 1.165) is 0 Å². The van der Waals surface area contributed by atoms with Crippen molar-refractivity contribution in [3.8, 4) is 0 Å². The molecular formula is C10H15BrClFN2O2S. The molecule has 8 heteroatoms. The molecule has 1 aromatic carbocycles. The molecule has 1 unspecified atom stereocenters. The molecule has 1 atom stereocenters. The molecule has 0 aromatic heterocycles. The van der Waals surface area contributed by atoms with Gasteiger partial charge in [0.15, 0.2) is 5.82 Å². The molecule has 0 fully saturated rings. The van der Waals surface area contributed by atoms with Gasteiger partial charge in [-0.3, -0.25) is 0 Å². The van der Waals surface area contributed by atoms with Crippen molar-refractivity contribution in [2.45, 2.75) is 24.3 Å². The van der Waals surface area contributed by atoms with Gasteiger partial charge in [0.25, 0.3) is 0 Å². The first-order chi connectivity index (χ1) is 7.84. The molecule has 0 bridgehead atoms. The van der Waals surface area contributed by atoms with Crippen molar-refractivity contribution in [2.75, 3.05) is 6.54 Å². The van der Waals surface area contributed by atoms with Crippen LogP contribution in [-0.4, -0.2) is 21.0 Å². The van der Waals surface area contributed by atoms with Crippen molar-refractivity contribution in [3.05, 3.63) is 28.5 Å². The molecule has 0 radical (unpaired) electrons. The summed E-state index contributed by atoms with van der Waals surface area (Å²) in [7, 11) is -3.82. The summed E-state index contributed by atoms with van der Waals surface area (Å²) in [5.74, 6) is -0.791. The summed E-state index contributed by atoms with van der Waals surface area (Å²) in [6.07, 6.45) is 0.495. The predicted octanol–water partition coefficient (Wildman–Crippen LogP) is 2.03. The highest BCUT2D eigenvalue weighted by molar-refractivity contribution is 9.10. The van der Waals surface area contributed by atoms with Crippen LogP contribution in [0.15, 0.2) is 27.6 Å². The van der Waals surface area contributed by atoms with Crippen LogP contribution in [0.3, 0.4) is 0 Å². The van der Waals surface area contributed by atoms with E-state index in [9.17, 15) is 12.8 Å². The number of nitrogens with two attached hydrogens (primary N) is 1. The van der Waals surface area contributed by atoms with Crippen molar-refractivity contribution < 1.29 is 12.8 Å². The van der Waals surface area contributed by atoms with E-state index in [2.05, 4.69) is 20.7 Å². The largest absolute Gasteiger partial charge is 0.328 e. The fourth-order valence-electron chi connectivity index (χ4n) is 1.19. The highest BCUT2D eigenvalue weighted by Crippen LogP contribution is 2.22. The average Bonchev–Trinajstić information content (AvgIpc) is 2.21. The molecule has 18 heavy (non-hydrogen) atoms. The predicted molar refractivity (Wildman–Crippen MR) is 74.8 cm³/mol. The fraction of sp³-hybridized carbons (Fsp3) is 0.400. The van der Waals surface area contributed by atoms with Gasteiger partial charge in [-0.15, -0.1) is 12.4 Å². The number of nitrogens with one attached hydrogen (secondary N) is 1. The summed E-state index contributed by atoms with van der Waals surface area (Å²) >= 11 is 2.94. The van der Waals surface area contributed by atoms with Gasteiger partial charge in [-0.1, -0.05) is 6.07 Å². The van der Waals surface area contributed by atoms with Gasteiger partial charge in [0.05, 0.1) is 4.47 Å². The van der Waals surface area contributed by atoms with Gasteiger partial charge in [-0.05, 0) is 41.4 Å². The minimum Gasteiger partial charge on any atom is -0.328 e. The van der Waals surface area contributed by atoms with Gasteiger partial charge in [-0.2, -0.15) is 0 Å². The maximum atomic E-state index is 13.6. The Hall–Kier alpha value is -0.210. The number of sulfonamides is 1. The fourth-order valence-corrected chi connectivity index (χ4v) is 2.83. The quantitative estimate of drug-likeness (QED) is 0.843. The molecule has 1 aromatic rings. The van der Waals surface area contributed by atoms with Crippen LogP contribution in [0.5, 0.6) is 0 Å². The highest BCUT2D eigenvalue weighted by Gasteiger charge is 2.19. The van der Waals surface area contributed by atoms with Gasteiger partial charge in [0.1, 0.15) is 4.90 Å². The third-order valence-electron chi connectivity index (χ3n) is 2.10. The molecule has 104 valence electrons. The Kier molecular flexibility index (Phi) is 7.31. The van der Waals surface area contributed by atoms with Gasteiger partial charge >= 0.3 is 0 Å². The van der Waals surface area contributed by atoms with Crippen LogP contribution in [0.1, 0.15) is 13.3 Å². The van der Waals surface area contributed by atoms with Crippen LogP contribution < -0.4 is 10.5 Å². The maximum Gasteiger partial charge on any atom is 0.243 e. The molecular weight excluding hydrogens is 347 g/mol. The van der Waals surface area contributed by atoms with E-state index in [4.69, 9.17) is 5.73 Å². The highest BCUT2D eigenvalue weighted by atomic mass is 79.9. The van der Waals surface area contributed by atoms with E-state index in [1.807, 2.05) is 0 Å². The molecule has 4 nitrogen and oxygen atoms in total. The normalized spacial score (nSPS) is 12.9. The number of benzene rings is 1. The molecule has 0 aliphatic heterocycles. The van der Waals surface area contributed by atoms with Crippen LogP contribution in [-0.2, 0) is 10.0 Å². The Morgan fingerprint density at radius 3 is 2.67 bits per heavy atom. The molecule has 3 N–H and O–H groups in total. The van der Waals surface area contributed by atoms with E-state index in [1.165, 1.54) is 18.2 Å². The van der Waals surface area contributed by atoms with E-state index >= 15 is 0 Å². The van der Waals surface area contributed by atoms with Crippen molar-refractivity contribution in [3.63, 3.8) is 0 Å². The van der Waals surface area contributed by atoms with Crippen molar-refractivity contribution in [1.82, 2.24) is 4.72 Å². The van der Waals surface area contributed by atoms with Gasteiger partial charge < -0.3 is 5.73 Å². The first-order valence-electron chi connectivity index (χ1n) is 5.04. The third kappa shape index (κ3) is 4.81. The Bertz CT molecular complexity index is 497. The summed E-state index contributed by atoms with van der Waals surface area (Å²) in [6.45, 7) is 1.96. The second-order valence-corrected chi connectivity index (χ2v) is 6.31. The summed E-state index contributed by atoms with van der Waals surface area (Å²) in [6, 6.07) is 4.02.